The third-order valence-electron chi connectivity index (χ3n) is 15.3. The number of alkyl halides is 1. The van der Waals surface area contributed by atoms with E-state index in [1.807, 2.05) is 60.6 Å². The molecule has 0 aromatic rings. The normalized spacial score (nSPS) is 41.3. The number of ketones is 1. The van der Waals surface area contributed by atoms with Crippen molar-refractivity contribution >= 4 is 29.4 Å². The second kappa shape index (κ2) is 21.6. The Labute approximate surface area is 392 Å². The predicted molar refractivity (Wildman–Crippen MR) is 226 cm³/mol. The van der Waals surface area contributed by atoms with Crippen LogP contribution >= 0.6 is 11.6 Å². The number of carboxylic acids is 1. The first-order chi connectivity index (χ1) is 28.2. The van der Waals surface area contributed by atoms with E-state index in [0.717, 1.165) is 6.42 Å². The Balaban J connectivity index is 0.00000819. The number of hydrogen-bond donors (Lipinski definition) is 4. The molecular formula is C46H76ClN2NaO11. The van der Waals surface area contributed by atoms with E-state index >= 15 is 0 Å². The zero-order valence-corrected chi connectivity index (χ0v) is 41.6. The van der Waals surface area contributed by atoms with E-state index in [2.05, 4.69) is 24.5 Å². The number of carbonyl (C=O) groups excluding carboxylic acids is 3. The maximum atomic E-state index is 14.6. The number of hydrogen-bond acceptors (Lipinski definition) is 11. The zero-order valence-electron chi connectivity index (χ0n) is 38.9. The van der Waals surface area contributed by atoms with Crippen LogP contribution < -0.4 is 45.3 Å². The number of carboxylic acid groups (broad SMARTS) is 1. The number of aliphatic hydroxyl groups excluding tert-OH is 1. The molecule has 61 heavy (non-hydrogen) atoms. The van der Waals surface area contributed by atoms with Crippen molar-refractivity contribution in [1.82, 2.24) is 10.6 Å². The molecule has 5 rings (SSSR count). The van der Waals surface area contributed by atoms with E-state index in [9.17, 15) is 29.7 Å². The fourth-order valence-corrected chi connectivity index (χ4v) is 11.2. The van der Waals surface area contributed by atoms with Crippen molar-refractivity contribution in [1.29, 1.82) is 0 Å². The van der Waals surface area contributed by atoms with Gasteiger partial charge in [-0.15, -0.1) is 11.6 Å². The molecule has 0 unspecified atom stereocenters. The Kier molecular flexibility index (Phi) is 18.7. The maximum Gasteiger partial charge on any atom is 1.00 e. The summed E-state index contributed by atoms with van der Waals surface area (Å²) in [6.07, 6.45) is 6.80. The molecule has 5 aliphatic rings. The standard InChI is InChI=1S/C46H77ClN2O11.Na/c1-11-32(41(52)53)34-16-15-26(4)39(57-34)30(8)37(50)29(7)38(51)33(12-2)40-27(5)25-28(6)45(58-40)20-17-35(49-42(54)48-24-14-23-47)46(60-45)22-21-43(10,59-46)36-18-19-44(55,13-3)31(9)56-36;/h17,20,26-37,39-40,50,55H,11-16,18-19,21-25H2,1-10H3,(H,52,53)(H2,48,49,54);/q;+1/p-1/t26-,27-,28+,29-,30-,31-,32+,33-,34+,35-,36+,37+,39+,40-,43-,44+,45-,46-;/m0./s1. The van der Waals surface area contributed by atoms with Gasteiger partial charge in [-0.1, -0.05) is 61.5 Å². The summed E-state index contributed by atoms with van der Waals surface area (Å²) < 4.78 is 34.4. The van der Waals surface area contributed by atoms with Gasteiger partial charge < -0.3 is 54.4 Å². The average Bonchev–Trinajstić information content (AvgIpc) is 3.55. The van der Waals surface area contributed by atoms with Crippen molar-refractivity contribution in [2.75, 3.05) is 12.4 Å². The minimum atomic E-state index is -1.34. The minimum absolute atomic E-state index is 0. The molecule has 0 saturated carbocycles. The maximum absolute atomic E-state index is 14.6. The molecule has 0 aromatic carbocycles. The fourth-order valence-electron chi connectivity index (χ4n) is 11.1. The van der Waals surface area contributed by atoms with E-state index in [4.69, 9.17) is 35.3 Å². The topological polar surface area (TPSA) is 185 Å². The van der Waals surface area contributed by atoms with Gasteiger partial charge >= 0.3 is 35.6 Å². The van der Waals surface area contributed by atoms with Crippen LogP contribution in [0.4, 0.5) is 4.79 Å². The third kappa shape index (κ3) is 11.1. The summed E-state index contributed by atoms with van der Waals surface area (Å²) in [7, 11) is 0. The number of ether oxygens (including phenoxy) is 5. The molecule has 2 amide bonds. The molecule has 4 saturated heterocycles. The first kappa shape index (κ1) is 52.8. The van der Waals surface area contributed by atoms with Gasteiger partial charge in [-0.3, -0.25) is 4.79 Å². The van der Waals surface area contributed by atoms with E-state index in [0.29, 0.717) is 76.6 Å². The van der Waals surface area contributed by atoms with Crippen molar-refractivity contribution in [3.8, 4) is 0 Å². The van der Waals surface area contributed by atoms with Gasteiger partial charge in [0, 0.05) is 54.4 Å². The second-order valence-electron chi connectivity index (χ2n) is 19.4. The first-order valence-electron chi connectivity index (χ1n) is 23.1. The van der Waals surface area contributed by atoms with Gasteiger partial charge in [-0.05, 0) is 96.0 Å². The van der Waals surface area contributed by atoms with Crippen LogP contribution in [0.1, 0.15) is 140 Å². The van der Waals surface area contributed by atoms with Gasteiger partial charge in [0.1, 0.15) is 11.8 Å². The van der Waals surface area contributed by atoms with E-state index in [-0.39, 0.29) is 65.2 Å². The fraction of sp³-hybridized carbons (Fsp3) is 0.891. The molecule has 0 radical (unpaired) electrons. The number of aliphatic carboxylic acids is 1. The van der Waals surface area contributed by atoms with Crippen LogP contribution in [0.15, 0.2) is 12.2 Å². The number of Topliss-reactive ketones (excluding diaryl/α,β-unsaturated/α-hetero) is 1. The second-order valence-corrected chi connectivity index (χ2v) is 19.7. The van der Waals surface area contributed by atoms with Crippen LogP contribution in [0, 0.1) is 41.4 Å². The van der Waals surface area contributed by atoms with E-state index in [1.54, 1.807) is 6.92 Å². The molecule has 15 heteroatoms. The zero-order chi connectivity index (χ0) is 44.4. The molecule has 18 atom stereocenters. The molecule has 2 spiro atoms. The molecule has 13 nitrogen and oxygen atoms in total. The average molecular weight is 892 g/mol. The predicted octanol–water partition coefficient (Wildman–Crippen LogP) is 2.79. The minimum Gasteiger partial charge on any atom is -0.550 e. The van der Waals surface area contributed by atoms with Gasteiger partial charge in [0.15, 0.2) is 11.6 Å². The van der Waals surface area contributed by atoms with Crippen LogP contribution in [0.5, 0.6) is 0 Å². The van der Waals surface area contributed by atoms with Gasteiger partial charge in [0.05, 0.1) is 47.8 Å². The molecule has 0 aliphatic carbocycles. The number of aliphatic hydroxyl groups is 2. The summed E-state index contributed by atoms with van der Waals surface area (Å²) in [6.45, 7) is 19.9. The van der Waals surface area contributed by atoms with Gasteiger partial charge in [0.25, 0.3) is 0 Å². The summed E-state index contributed by atoms with van der Waals surface area (Å²) in [6, 6.07) is -1.07. The Morgan fingerprint density at radius 3 is 2.23 bits per heavy atom. The Morgan fingerprint density at radius 1 is 0.934 bits per heavy atom. The summed E-state index contributed by atoms with van der Waals surface area (Å²) >= 11 is 5.88. The largest absolute Gasteiger partial charge is 1.00 e. The number of rotatable bonds is 16. The van der Waals surface area contributed by atoms with Crippen LogP contribution in [-0.2, 0) is 33.3 Å². The number of amides is 2. The number of urea groups is 1. The quantitative estimate of drug-likeness (QED) is 0.0774. The van der Waals surface area contributed by atoms with Crippen LogP contribution in [0.3, 0.4) is 0 Å². The summed E-state index contributed by atoms with van der Waals surface area (Å²) in [5.74, 6) is -6.06. The molecule has 0 aromatic heterocycles. The van der Waals surface area contributed by atoms with Gasteiger partial charge in [-0.25, -0.2) is 4.79 Å². The SMILES string of the molecule is CC[C@@H](C(=O)[C@@H](C)[C@@H](O)[C@H](C)[C@@H]1O[C@@H]([C@@H](CC)C(=O)[O-])CC[C@@H]1C)[C@H]1O[C@]2(C=C[C@H](NC(=O)NCCCCl)[C@]3(CC[C@@](C)([C@H]4CC[C@](O)(CC)[C@H](C)O4)O3)O2)[C@H](C)C[C@@H]1C.[Na+]. The molecule has 5 heterocycles. The summed E-state index contributed by atoms with van der Waals surface area (Å²) in [5.41, 5.74) is -1.72. The smallest absolute Gasteiger partial charge is 0.550 e. The number of nitrogens with one attached hydrogen (secondary N) is 2. The Bertz CT molecular complexity index is 1530. The molecule has 5 aliphatic heterocycles. The van der Waals surface area contributed by atoms with Crippen LogP contribution in [0.2, 0.25) is 0 Å². The molecular weight excluding hydrogens is 815 g/mol. The first-order valence-corrected chi connectivity index (χ1v) is 23.6. The molecule has 0 bridgehead atoms. The van der Waals surface area contributed by atoms with Gasteiger partial charge in [-0.2, -0.15) is 0 Å². The summed E-state index contributed by atoms with van der Waals surface area (Å²) in [4.78, 5) is 39.8. The summed E-state index contributed by atoms with van der Waals surface area (Å²) in [5, 5.41) is 40.9. The monoisotopic (exact) mass is 891 g/mol. The van der Waals surface area contributed by atoms with Crippen LogP contribution in [-0.4, -0.2) is 106 Å². The van der Waals surface area contributed by atoms with E-state index in [1.165, 1.54) is 0 Å². The third-order valence-corrected chi connectivity index (χ3v) is 15.6. The van der Waals surface area contributed by atoms with Crippen molar-refractivity contribution < 1.29 is 82.9 Å². The molecule has 4 fully saturated rings. The Morgan fingerprint density at radius 2 is 1.62 bits per heavy atom. The van der Waals surface area contributed by atoms with Crippen molar-refractivity contribution in [3.05, 3.63) is 12.2 Å². The molecule has 4 N–H and O–H groups in total. The van der Waals surface area contributed by atoms with E-state index < -0.39 is 89.0 Å². The van der Waals surface area contributed by atoms with Crippen molar-refractivity contribution in [3.63, 3.8) is 0 Å². The number of carbonyl (C=O) groups is 3. The Hall–Kier alpha value is -0.840. The van der Waals surface area contributed by atoms with Crippen molar-refractivity contribution in [2.45, 2.75) is 205 Å². The number of halogens is 1. The molecule has 344 valence electrons. The van der Waals surface area contributed by atoms with Gasteiger partial charge in [0.2, 0.25) is 0 Å². The van der Waals surface area contributed by atoms with Crippen molar-refractivity contribution in [2.24, 2.45) is 41.4 Å². The van der Waals surface area contributed by atoms with Crippen LogP contribution in [0.25, 0.3) is 0 Å².